The monoisotopic (exact) mass is 204 g/mol. The lowest BCUT2D eigenvalue weighted by atomic mass is 9.89. The molecule has 2 unspecified atom stereocenters. The normalized spacial score (nSPS) is 31.7. The van der Waals surface area contributed by atoms with Crippen LogP contribution < -0.4 is 4.74 Å². The molecule has 0 aliphatic heterocycles. The van der Waals surface area contributed by atoms with Crippen molar-refractivity contribution in [1.29, 1.82) is 0 Å². The van der Waals surface area contributed by atoms with Crippen LogP contribution in [0.3, 0.4) is 0 Å². The molecule has 0 radical (unpaired) electrons. The number of fused-ring (bicyclic) bond motifs is 3. The molecule has 2 aliphatic carbocycles. The molecule has 80 valence electrons. The highest BCUT2D eigenvalue weighted by Crippen LogP contribution is 2.60. The summed E-state index contributed by atoms with van der Waals surface area (Å²) >= 11 is 0. The molecule has 0 bridgehead atoms. The van der Waals surface area contributed by atoms with E-state index in [0.717, 1.165) is 18.6 Å². The smallest absolute Gasteiger partial charge is 0.122 e. The van der Waals surface area contributed by atoms with Crippen LogP contribution >= 0.6 is 0 Å². The highest BCUT2D eigenvalue weighted by atomic mass is 16.5. The van der Waals surface area contributed by atoms with E-state index in [1.165, 1.54) is 17.5 Å². The fraction of sp³-hybridized carbons (Fsp3) is 0.538. The van der Waals surface area contributed by atoms with E-state index in [2.05, 4.69) is 18.2 Å². The van der Waals surface area contributed by atoms with E-state index in [4.69, 9.17) is 9.47 Å². The van der Waals surface area contributed by atoms with Crippen LogP contribution in [0, 0.1) is 0 Å². The average molecular weight is 204 g/mol. The first-order chi connectivity index (χ1) is 7.30. The summed E-state index contributed by atoms with van der Waals surface area (Å²) in [5.41, 5.74) is 3.01. The number of hydrogen-bond acceptors (Lipinski definition) is 2. The van der Waals surface area contributed by atoms with Gasteiger partial charge in [-0.25, -0.2) is 0 Å². The van der Waals surface area contributed by atoms with Crippen molar-refractivity contribution in [2.24, 2.45) is 0 Å². The van der Waals surface area contributed by atoms with E-state index in [1.807, 2.05) is 7.11 Å². The van der Waals surface area contributed by atoms with Gasteiger partial charge in [-0.3, -0.25) is 0 Å². The minimum absolute atomic E-state index is 0.166. The maximum Gasteiger partial charge on any atom is 0.122 e. The predicted molar refractivity (Wildman–Crippen MR) is 58.4 cm³/mol. The molecule has 0 aromatic heterocycles. The first-order valence-electron chi connectivity index (χ1n) is 5.52. The SMILES string of the molecule is COc1cccc2c1CCC1(OC)CC21. The molecule has 0 saturated heterocycles. The van der Waals surface area contributed by atoms with Gasteiger partial charge in [0, 0.05) is 13.0 Å². The Morgan fingerprint density at radius 3 is 2.93 bits per heavy atom. The number of rotatable bonds is 2. The summed E-state index contributed by atoms with van der Waals surface area (Å²) in [6.45, 7) is 0. The van der Waals surface area contributed by atoms with Gasteiger partial charge in [0.25, 0.3) is 0 Å². The third-order valence-corrected chi connectivity index (χ3v) is 3.99. The Balaban J connectivity index is 2.04. The largest absolute Gasteiger partial charge is 0.496 e. The number of benzene rings is 1. The zero-order valence-corrected chi connectivity index (χ0v) is 9.25. The fourth-order valence-electron chi connectivity index (χ4n) is 2.99. The van der Waals surface area contributed by atoms with Gasteiger partial charge in [-0.1, -0.05) is 12.1 Å². The van der Waals surface area contributed by atoms with Gasteiger partial charge in [-0.2, -0.15) is 0 Å². The first kappa shape index (κ1) is 9.22. The first-order valence-corrected chi connectivity index (χ1v) is 5.52. The third-order valence-electron chi connectivity index (χ3n) is 3.99. The molecule has 1 fully saturated rings. The summed E-state index contributed by atoms with van der Waals surface area (Å²) in [5, 5.41) is 0. The van der Waals surface area contributed by atoms with Crippen LogP contribution in [0.2, 0.25) is 0 Å². The van der Waals surface area contributed by atoms with Crippen LogP contribution in [0.25, 0.3) is 0 Å². The molecule has 1 saturated carbocycles. The Kier molecular flexibility index (Phi) is 1.84. The fourth-order valence-corrected chi connectivity index (χ4v) is 2.99. The van der Waals surface area contributed by atoms with Gasteiger partial charge in [-0.15, -0.1) is 0 Å². The van der Waals surface area contributed by atoms with Crippen molar-refractivity contribution >= 4 is 0 Å². The summed E-state index contributed by atoms with van der Waals surface area (Å²) in [6.07, 6.45) is 3.41. The lowest BCUT2D eigenvalue weighted by molar-refractivity contribution is 0.0638. The minimum atomic E-state index is 0.166. The van der Waals surface area contributed by atoms with Crippen LogP contribution in [0.1, 0.15) is 29.9 Å². The van der Waals surface area contributed by atoms with Crippen LogP contribution in [0.5, 0.6) is 5.75 Å². The van der Waals surface area contributed by atoms with Gasteiger partial charge in [0.05, 0.1) is 12.7 Å². The quantitative estimate of drug-likeness (QED) is 0.737. The minimum Gasteiger partial charge on any atom is -0.496 e. The molecule has 2 nitrogen and oxygen atoms in total. The molecule has 2 heteroatoms. The molecule has 0 N–H and O–H groups in total. The molecular formula is C13H16O2. The van der Waals surface area contributed by atoms with E-state index >= 15 is 0 Å². The lowest BCUT2D eigenvalue weighted by Crippen LogP contribution is -2.20. The summed E-state index contributed by atoms with van der Waals surface area (Å²) < 4.78 is 11.0. The van der Waals surface area contributed by atoms with E-state index in [1.54, 1.807) is 7.11 Å². The summed E-state index contributed by atoms with van der Waals surface area (Å²) in [7, 11) is 3.59. The topological polar surface area (TPSA) is 18.5 Å². The van der Waals surface area contributed by atoms with E-state index < -0.39 is 0 Å². The van der Waals surface area contributed by atoms with Gasteiger partial charge >= 0.3 is 0 Å². The third kappa shape index (κ3) is 1.14. The Labute approximate surface area is 90.2 Å². The van der Waals surface area contributed by atoms with Gasteiger partial charge in [0.2, 0.25) is 0 Å². The molecule has 3 rings (SSSR count). The Bertz CT molecular complexity index is 400. The van der Waals surface area contributed by atoms with Crippen molar-refractivity contribution in [2.75, 3.05) is 14.2 Å². The number of hydrogen-bond donors (Lipinski definition) is 0. The van der Waals surface area contributed by atoms with Gasteiger partial charge < -0.3 is 9.47 Å². The maximum absolute atomic E-state index is 5.64. The predicted octanol–water partition coefficient (Wildman–Crippen LogP) is 2.51. The highest BCUT2D eigenvalue weighted by Gasteiger charge is 2.58. The van der Waals surface area contributed by atoms with Crippen molar-refractivity contribution in [1.82, 2.24) is 0 Å². The van der Waals surface area contributed by atoms with Crippen molar-refractivity contribution < 1.29 is 9.47 Å². The lowest BCUT2D eigenvalue weighted by Gasteiger charge is -2.24. The summed E-state index contributed by atoms with van der Waals surface area (Å²) in [5.74, 6) is 1.66. The van der Waals surface area contributed by atoms with Crippen LogP contribution in [-0.2, 0) is 11.2 Å². The molecule has 15 heavy (non-hydrogen) atoms. The van der Waals surface area contributed by atoms with Crippen molar-refractivity contribution in [3.05, 3.63) is 29.3 Å². The molecular weight excluding hydrogens is 188 g/mol. The molecule has 0 heterocycles. The van der Waals surface area contributed by atoms with Crippen molar-refractivity contribution in [2.45, 2.75) is 30.8 Å². The van der Waals surface area contributed by atoms with Gasteiger partial charge in [-0.05, 0) is 36.5 Å². The molecule has 1 aromatic carbocycles. The Hall–Kier alpha value is -1.02. The van der Waals surface area contributed by atoms with Crippen molar-refractivity contribution in [3.8, 4) is 5.75 Å². The molecule has 0 amide bonds. The van der Waals surface area contributed by atoms with E-state index in [0.29, 0.717) is 5.92 Å². The Morgan fingerprint density at radius 1 is 1.33 bits per heavy atom. The number of methoxy groups -OCH3 is 2. The standard InChI is InChI=1S/C13H16O2/c1-14-12-5-3-4-9-10(12)6-7-13(15-2)8-11(9)13/h3-5,11H,6-8H2,1-2H3. The second kappa shape index (κ2) is 2.99. The summed E-state index contributed by atoms with van der Waals surface area (Å²) in [4.78, 5) is 0. The van der Waals surface area contributed by atoms with Gasteiger partial charge in [0.1, 0.15) is 5.75 Å². The molecule has 2 atom stereocenters. The zero-order chi connectivity index (χ0) is 10.5. The highest BCUT2D eigenvalue weighted by molar-refractivity contribution is 5.49. The van der Waals surface area contributed by atoms with E-state index in [9.17, 15) is 0 Å². The summed E-state index contributed by atoms with van der Waals surface area (Å²) in [6, 6.07) is 6.37. The average Bonchev–Trinajstić information content (AvgIpc) is 3.03. The zero-order valence-electron chi connectivity index (χ0n) is 9.25. The van der Waals surface area contributed by atoms with E-state index in [-0.39, 0.29) is 5.60 Å². The molecule has 2 aliphatic rings. The number of ether oxygens (including phenoxy) is 2. The van der Waals surface area contributed by atoms with Gasteiger partial charge in [0.15, 0.2) is 0 Å². The van der Waals surface area contributed by atoms with Crippen molar-refractivity contribution in [3.63, 3.8) is 0 Å². The maximum atomic E-state index is 5.64. The second-order valence-corrected chi connectivity index (χ2v) is 4.55. The second-order valence-electron chi connectivity index (χ2n) is 4.55. The van der Waals surface area contributed by atoms with Crippen LogP contribution in [0.4, 0.5) is 0 Å². The Morgan fingerprint density at radius 2 is 2.20 bits per heavy atom. The molecule has 1 aromatic rings. The molecule has 0 spiro atoms. The van der Waals surface area contributed by atoms with Crippen LogP contribution in [-0.4, -0.2) is 19.8 Å². The van der Waals surface area contributed by atoms with Crippen LogP contribution in [0.15, 0.2) is 18.2 Å².